The summed E-state index contributed by atoms with van der Waals surface area (Å²) in [5.41, 5.74) is 7.17. The molecule has 0 spiro atoms. The Morgan fingerprint density at radius 3 is 3.00 bits per heavy atom. The van der Waals surface area contributed by atoms with Crippen LogP contribution in [0.1, 0.15) is 6.42 Å². The number of hydrogen-bond donors (Lipinski definition) is 2. The minimum Gasteiger partial charge on any atom is -0.371 e. The van der Waals surface area contributed by atoms with Gasteiger partial charge in [0.1, 0.15) is 0 Å². The second kappa shape index (κ2) is 5.78. The van der Waals surface area contributed by atoms with Crippen molar-refractivity contribution in [3.05, 3.63) is 18.5 Å². The first-order valence-electron chi connectivity index (χ1n) is 5.77. The highest BCUT2D eigenvalue weighted by atomic mass is 31.0. The number of rotatable bonds is 5. The van der Waals surface area contributed by atoms with E-state index in [4.69, 9.17) is 5.73 Å². The van der Waals surface area contributed by atoms with Crippen LogP contribution in [0.15, 0.2) is 18.5 Å². The summed E-state index contributed by atoms with van der Waals surface area (Å²) in [5.74, 6) is 0.910. The highest BCUT2D eigenvalue weighted by molar-refractivity contribution is 7.16. The Labute approximate surface area is 108 Å². The number of nitrogens with zero attached hydrogens (tertiary/aromatic N) is 4. The van der Waals surface area contributed by atoms with Crippen LogP contribution in [-0.4, -0.2) is 32.7 Å². The van der Waals surface area contributed by atoms with E-state index >= 15 is 0 Å². The Morgan fingerprint density at radius 1 is 1.44 bits per heavy atom. The third kappa shape index (κ3) is 2.59. The molecule has 0 aliphatic heterocycles. The molecule has 2 heterocycles. The fourth-order valence-electron chi connectivity index (χ4n) is 1.67. The highest BCUT2D eigenvalue weighted by Gasteiger charge is 2.10. The lowest BCUT2D eigenvalue weighted by Gasteiger charge is -2.03. The van der Waals surface area contributed by atoms with E-state index in [9.17, 15) is 0 Å². The third-order valence-electron chi connectivity index (χ3n) is 2.52. The van der Waals surface area contributed by atoms with Crippen LogP contribution in [0.3, 0.4) is 0 Å². The van der Waals surface area contributed by atoms with Crippen LogP contribution in [0.2, 0.25) is 0 Å². The van der Waals surface area contributed by atoms with Crippen molar-refractivity contribution in [1.82, 2.24) is 19.5 Å². The van der Waals surface area contributed by atoms with Gasteiger partial charge in [0.15, 0.2) is 17.0 Å². The molecule has 0 aliphatic rings. The number of fused-ring (bicyclic) bond motifs is 1. The van der Waals surface area contributed by atoms with E-state index in [-0.39, 0.29) is 5.95 Å². The molecule has 18 heavy (non-hydrogen) atoms. The maximum absolute atomic E-state index is 5.68. The summed E-state index contributed by atoms with van der Waals surface area (Å²) in [4.78, 5) is 12.6. The number of anilines is 2. The predicted octanol–water partition coefficient (Wildman–Crippen LogP) is 1.27. The van der Waals surface area contributed by atoms with Crippen molar-refractivity contribution in [2.24, 2.45) is 0 Å². The molecule has 3 N–H and O–H groups in total. The molecule has 0 saturated heterocycles. The van der Waals surface area contributed by atoms with Gasteiger partial charge in [0, 0.05) is 13.6 Å². The molecule has 2 aromatic rings. The third-order valence-corrected chi connectivity index (χ3v) is 2.85. The van der Waals surface area contributed by atoms with Crippen molar-refractivity contribution >= 4 is 32.2 Å². The quantitative estimate of drug-likeness (QED) is 0.628. The molecule has 0 aliphatic carbocycles. The van der Waals surface area contributed by atoms with Crippen LogP contribution in [-0.2, 0) is 6.54 Å². The van der Waals surface area contributed by atoms with Gasteiger partial charge in [-0.15, -0.1) is 9.24 Å². The number of imidazole rings is 1. The van der Waals surface area contributed by atoms with Gasteiger partial charge in [-0.25, -0.2) is 4.98 Å². The van der Waals surface area contributed by atoms with E-state index in [1.807, 2.05) is 4.57 Å². The van der Waals surface area contributed by atoms with Gasteiger partial charge in [0.25, 0.3) is 0 Å². The van der Waals surface area contributed by atoms with Gasteiger partial charge < -0.3 is 15.6 Å². The van der Waals surface area contributed by atoms with Crippen molar-refractivity contribution < 1.29 is 0 Å². The van der Waals surface area contributed by atoms with E-state index in [0.717, 1.165) is 30.3 Å². The molecule has 0 saturated carbocycles. The molecule has 0 amide bonds. The van der Waals surface area contributed by atoms with E-state index in [2.05, 4.69) is 41.7 Å². The van der Waals surface area contributed by atoms with Crippen LogP contribution in [0.25, 0.3) is 11.2 Å². The predicted molar refractivity (Wildman–Crippen MR) is 77.6 cm³/mol. The topological polar surface area (TPSA) is 81.7 Å². The molecule has 0 radical (unpaired) electrons. The molecule has 0 bridgehead atoms. The van der Waals surface area contributed by atoms with Gasteiger partial charge in [-0.3, -0.25) is 0 Å². The molecule has 6 nitrogen and oxygen atoms in total. The molecule has 7 heteroatoms. The number of nitrogen functional groups attached to an aromatic ring is 1. The molecule has 2 rings (SSSR count). The van der Waals surface area contributed by atoms with E-state index in [0.29, 0.717) is 5.82 Å². The fourth-order valence-corrected chi connectivity index (χ4v) is 1.86. The van der Waals surface area contributed by atoms with Crippen molar-refractivity contribution in [2.45, 2.75) is 13.0 Å². The lowest BCUT2D eigenvalue weighted by Crippen LogP contribution is -2.03. The van der Waals surface area contributed by atoms with Gasteiger partial charge in [0.05, 0.1) is 6.33 Å². The zero-order chi connectivity index (χ0) is 13.0. The summed E-state index contributed by atoms with van der Waals surface area (Å²) < 4.78 is 1.95. The first-order chi connectivity index (χ1) is 8.76. The minimum absolute atomic E-state index is 0.252. The summed E-state index contributed by atoms with van der Waals surface area (Å²) in [5, 5.41) is 2.97. The highest BCUT2D eigenvalue weighted by Crippen LogP contribution is 2.19. The Hall–Kier alpha value is -1.68. The number of nitrogens with two attached hydrogens (primary N) is 1. The van der Waals surface area contributed by atoms with Crippen LogP contribution < -0.4 is 11.1 Å². The van der Waals surface area contributed by atoms with Gasteiger partial charge in [-0.1, -0.05) is 12.2 Å². The van der Waals surface area contributed by atoms with Crippen LogP contribution in [0, 0.1) is 0 Å². The van der Waals surface area contributed by atoms with Crippen molar-refractivity contribution in [3.8, 4) is 0 Å². The standard InChI is InChI=1S/C11H17N6P/c1-13-9-8-10(16-11(12)15-9)17(7-14-8)5-3-2-4-6-18/h2-3,7H,4-6,18H2,1H3,(H3,12,13,15,16). The van der Waals surface area contributed by atoms with E-state index in [1.165, 1.54) is 0 Å². The Bertz CT molecular complexity index is 562. The smallest absolute Gasteiger partial charge is 0.224 e. The summed E-state index contributed by atoms with van der Waals surface area (Å²) in [6, 6.07) is 0. The minimum atomic E-state index is 0.252. The normalized spacial score (nSPS) is 11.4. The summed E-state index contributed by atoms with van der Waals surface area (Å²) in [6.07, 6.45) is 8.12. The zero-order valence-electron chi connectivity index (χ0n) is 10.3. The maximum Gasteiger partial charge on any atom is 0.224 e. The van der Waals surface area contributed by atoms with Crippen molar-refractivity contribution in [1.29, 1.82) is 0 Å². The Morgan fingerprint density at radius 2 is 2.28 bits per heavy atom. The van der Waals surface area contributed by atoms with E-state index in [1.54, 1.807) is 13.4 Å². The first-order valence-corrected chi connectivity index (χ1v) is 6.59. The van der Waals surface area contributed by atoms with E-state index < -0.39 is 0 Å². The number of nitrogens with one attached hydrogen (secondary N) is 1. The molecule has 96 valence electrons. The monoisotopic (exact) mass is 264 g/mol. The molecule has 1 unspecified atom stereocenters. The molecule has 2 aromatic heterocycles. The van der Waals surface area contributed by atoms with Gasteiger partial charge >= 0.3 is 0 Å². The Kier molecular flexibility index (Phi) is 4.10. The SMILES string of the molecule is CNc1nc(N)nc2c1ncn2CC=CCCP. The lowest BCUT2D eigenvalue weighted by molar-refractivity contribution is 0.834. The summed E-state index contributed by atoms with van der Waals surface area (Å²) in [7, 11) is 4.49. The molecular weight excluding hydrogens is 247 g/mol. The number of allylic oxidation sites excluding steroid dienone is 2. The molecular formula is C11H17N6P. The largest absolute Gasteiger partial charge is 0.371 e. The first kappa shape index (κ1) is 12.8. The van der Waals surface area contributed by atoms with Gasteiger partial charge in [-0.2, -0.15) is 9.97 Å². The van der Waals surface area contributed by atoms with Gasteiger partial charge in [-0.05, 0) is 12.6 Å². The van der Waals surface area contributed by atoms with Crippen LogP contribution in [0.4, 0.5) is 11.8 Å². The zero-order valence-corrected chi connectivity index (χ0v) is 11.5. The second-order valence-electron chi connectivity index (χ2n) is 3.80. The second-order valence-corrected chi connectivity index (χ2v) is 4.38. The maximum atomic E-state index is 5.68. The lowest BCUT2D eigenvalue weighted by atomic mass is 10.4. The fraction of sp³-hybridized carbons (Fsp3) is 0.364. The van der Waals surface area contributed by atoms with Crippen molar-refractivity contribution in [3.63, 3.8) is 0 Å². The number of hydrogen-bond acceptors (Lipinski definition) is 5. The number of aromatic nitrogens is 4. The average Bonchev–Trinajstić information content (AvgIpc) is 2.77. The Balaban J connectivity index is 2.32. The molecule has 0 fully saturated rings. The van der Waals surface area contributed by atoms with Crippen LogP contribution in [0.5, 0.6) is 0 Å². The summed E-state index contributed by atoms with van der Waals surface area (Å²) in [6.45, 7) is 0.737. The summed E-state index contributed by atoms with van der Waals surface area (Å²) >= 11 is 0. The van der Waals surface area contributed by atoms with Gasteiger partial charge in [0.2, 0.25) is 5.95 Å². The molecule has 0 aromatic carbocycles. The molecule has 1 atom stereocenters. The van der Waals surface area contributed by atoms with Crippen LogP contribution >= 0.6 is 9.24 Å². The average molecular weight is 264 g/mol. The van der Waals surface area contributed by atoms with Crippen molar-refractivity contribution in [2.75, 3.05) is 24.3 Å².